The summed E-state index contributed by atoms with van der Waals surface area (Å²) in [7, 11) is 0. The third kappa shape index (κ3) is 5.01. The highest BCUT2D eigenvalue weighted by Crippen LogP contribution is 2.29. The van der Waals surface area contributed by atoms with E-state index in [4.69, 9.17) is 4.74 Å². The molecule has 1 aliphatic carbocycles. The Balaban J connectivity index is 1.86. The molecule has 0 heterocycles. The summed E-state index contributed by atoms with van der Waals surface area (Å²) in [5.41, 5.74) is 1.16. The maximum Gasteiger partial charge on any atom is 0.124 e. The van der Waals surface area contributed by atoms with Crippen molar-refractivity contribution in [3.8, 4) is 5.75 Å². The summed E-state index contributed by atoms with van der Waals surface area (Å²) >= 11 is 0. The minimum Gasteiger partial charge on any atom is -0.491 e. The van der Waals surface area contributed by atoms with E-state index in [9.17, 15) is 5.11 Å². The second-order valence-electron chi connectivity index (χ2n) is 6.17. The first-order chi connectivity index (χ1) is 10.2. The third-order valence-corrected chi connectivity index (χ3v) is 4.41. The molecular weight excluding hydrogens is 262 g/mol. The van der Waals surface area contributed by atoms with Crippen LogP contribution in [-0.4, -0.2) is 24.4 Å². The fourth-order valence-electron chi connectivity index (χ4n) is 3.27. The Labute approximate surface area is 128 Å². The van der Waals surface area contributed by atoms with Gasteiger partial charge in [0.05, 0.1) is 6.10 Å². The van der Waals surface area contributed by atoms with Gasteiger partial charge in [-0.1, -0.05) is 50.8 Å². The molecule has 1 fully saturated rings. The minimum atomic E-state index is -0.351. The van der Waals surface area contributed by atoms with E-state index in [1.165, 1.54) is 25.7 Å². The van der Waals surface area contributed by atoms with Crippen LogP contribution in [0.4, 0.5) is 0 Å². The van der Waals surface area contributed by atoms with E-state index in [0.717, 1.165) is 24.3 Å². The van der Waals surface area contributed by atoms with Crippen molar-refractivity contribution in [3.05, 3.63) is 29.8 Å². The van der Waals surface area contributed by atoms with Crippen LogP contribution >= 0.6 is 0 Å². The van der Waals surface area contributed by atoms with Crippen molar-refractivity contribution in [1.82, 2.24) is 5.32 Å². The van der Waals surface area contributed by atoms with Crippen molar-refractivity contribution in [3.63, 3.8) is 0 Å². The van der Waals surface area contributed by atoms with Crippen LogP contribution in [0.15, 0.2) is 24.3 Å². The summed E-state index contributed by atoms with van der Waals surface area (Å²) in [6.07, 6.45) is 5.71. The Hall–Kier alpha value is -1.06. The lowest BCUT2D eigenvalue weighted by Crippen LogP contribution is -2.22. The molecule has 2 rings (SSSR count). The molecule has 118 valence electrons. The van der Waals surface area contributed by atoms with E-state index >= 15 is 0 Å². The Morgan fingerprint density at radius 3 is 2.71 bits per heavy atom. The second kappa shape index (κ2) is 8.40. The fourth-order valence-corrected chi connectivity index (χ4v) is 3.27. The molecule has 1 saturated carbocycles. The van der Waals surface area contributed by atoms with Crippen molar-refractivity contribution in [2.24, 2.45) is 5.92 Å². The Morgan fingerprint density at radius 2 is 2.00 bits per heavy atom. The first kappa shape index (κ1) is 16.3. The standard InChI is InChI=1S/C18H29NO2/c1-3-19-14(2)17-10-6-7-11-18(17)21-13-16(20)12-15-8-4-5-9-15/h6-7,10-11,14-16,19-20H,3-5,8-9,12-13H2,1-2H3. The Kier molecular flexibility index (Phi) is 6.52. The predicted molar refractivity (Wildman–Crippen MR) is 86.6 cm³/mol. The molecule has 0 saturated heterocycles. The predicted octanol–water partition coefficient (Wildman–Crippen LogP) is 3.68. The zero-order valence-electron chi connectivity index (χ0n) is 13.3. The lowest BCUT2D eigenvalue weighted by Gasteiger charge is -2.20. The lowest BCUT2D eigenvalue weighted by molar-refractivity contribution is 0.0848. The van der Waals surface area contributed by atoms with E-state index in [0.29, 0.717) is 12.5 Å². The SMILES string of the molecule is CCNC(C)c1ccccc1OCC(O)CC1CCCC1. The van der Waals surface area contributed by atoms with Crippen LogP contribution in [0.5, 0.6) is 5.75 Å². The van der Waals surface area contributed by atoms with Crippen LogP contribution < -0.4 is 10.1 Å². The molecule has 0 aromatic heterocycles. The number of hydrogen-bond donors (Lipinski definition) is 2. The van der Waals surface area contributed by atoms with E-state index in [-0.39, 0.29) is 12.1 Å². The van der Waals surface area contributed by atoms with Gasteiger partial charge in [-0.05, 0) is 31.9 Å². The van der Waals surface area contributed by atoms with Gasteiger partial charge in [0.25, 0.3) is 0 Å². The number of aliphatic hydroxyl groups excluding tert-OH is 1. The molecule has 1 aromatic rings. The maximum absolute atomic E-state index is 10.2. The molecule has 0 aliphatic heterocycles. The molecule has 2 N–H and O–H groups in total. The Bertz CT molecular complexity index is 415. The molecule has 0 amide bonds. The van der Waals surface area contributed by atoms with Gasteiger partial charge in [0.2, 0.25) is 0 Å². The molecule has 21 heavy (non-hydrogen) atoms. The van der Waals surface area contributed by atoms with Crippen molar-refractivity contribution >= 4 is 0 Å². The van der Waals surface area contributed by atoms with Gasteiger partial charge >= 0.3 is 0 Å². The van der Waals surface area contributed by atoms with Crippen LogP contribution in [0.1, 0.15) is 57.6 Å². The number of aliphatic hydroxyl groups is 1. The van der Waals surface area contributed by atoms with Gasteiger partial charge in [-0.25, -0.2) is 0 Å². The van der Waals surface area contributed by atoms with Crippen LogP contribution in [0.3, 0.4) is 0 Å². The summed E-state index contributed by atoms with van der Waals surface area (Å²) in [5, 5.41) is 13.6. The smallest absolute Gasteiger partial charge is 0.124 e. The molecule has 0 radical (unpaired) electrons. The molecular formula is C18H29NO2. The van der Waals surface area contributed by atoms with Gasteiger partial charge < -0.3 is 15.2 Å². The summed E-state index contributed by atoms with van der Waals surface area (Å²) in [4.78, 5) is 0. The maximum atomic E-state index is 10.2. The first-order valence-electron chi connectivity index (χ1n) is 8.33. The number of para-hydroxylation sites is 1. The van der Waals surface area contributed by atoms with E-state index in [2.05, 4.69) is 25.2 Å². The zero-order valence-corrected chi connectivity index (χ0v) is 13.3. The van der Waals surface area contributed by atoms with Crippen molar-refractivity contribution in [2.75, 3.05) is 13.2 Å². The van der Waals surface area contributed by atoms with Crippen LogP contribution in [0.2, 0.25) is 0 Å². The molecule has 0 bridgehead atoms. The van der Waals surface area contributed by atoms with Gasteiger partial charge in [-0.2, -0.15) is 0 Å². The minimum absolute atomic E-state index is 0.262. The highest BCUT2D eigenvalue weighted by molar-refractivity contribution is 5.35. The number of ether oxygens (including phenoxy) is 1. The lowest BCUT2D eigenvalue weighted by atomic mass is 10.0. The largest absolute Gasteiger partial charge is 0.491 e. The van der Waals surface area contributed by atoms with Crippen LogP contribution in [0, 0.1) is 5.92 Å². The van der Waals surface area contributed by atoms with Crippen LogP contribution in [0.25, 0.3) is 0 Å². The summed E-state index contributed by atoms with van der Waals surface area (Å²) in [5.74, 6) is 1.58. The molecule has 1 aliphatic rings. The van der Waals surface area contributed by atoms with Crippen molar-refractivity contribution in [2.45, 2.75) is 58.1 Å². The second-order valence-corrected chi connectivity index (χ2v) is 6.17. The van der Waals surface area contributed by atoms with E-state index in [1.54, 1.807) is 0 Å². The quantitative estimate of drug-likeness (QED) is 0.768. The molecule has 0 spiro atoms. The van der Waals surface area contributed by atoms with Crippen LogP contribution in [-0.2, 0) is 0 Å². The van der Waals surface area contributed by atoms with Gasteiger partial charge in [-0.15, -0.1) is 0 Å². The van der Waals surface area contributed by atoms with E-state index < -0.39 is 0 Å². The normalized spacial score (nSPS) is 18.6. The van der Waals surface area contributed by atoms with Crippen molar-refractivity contribution in [1.29, 1.82) is 0 Å². The highest BCUT2D eigenvalue weighted by Gasteiger charge is 2.19. The summed E-state index contributed by atoms with van der Waals surface area (Å²) < 4.78 is 5.89. The van der Waals surface area contributed by atoms with Gasteiger partial charge in [0.1, 0.15) is 12.4 Å². The number of rotatable bonds is 8. The highest BCUT2D eigenvalue weighted by atomic mass is 16.5. The number of nitrogens with one attached hydrogen (secondary N) is 1. The Morgan fingerprint density at radius 1 is 1.29 bits per heavy atom. The van der Waals surface area contributed by atoms with E-state index in [1.807, 2.05) is 18.2 Å². The third-order valence-electron chi connectivity index (χ3n) is 4.41. The number of hydrogen-bond acceptors (Lipinski definition) is 3. The average molecular weight is 291 g/mol. The molecule has 1 aromatic carbocycles. The summed E-state index contributed by atoms with van der Waals surface area (Å²) in [6.45, 7) is 5.57. The number of benzene rings is 1. The average Bonchev–Trinajstić information content (AvgIpc) is 2.98. The zero-order chi connectivity index (χ0) is 15.1. The topological polar surface area (TPSA) is 41.5 Å². The van der Waals surface area contributed by atoms with Crippen molar-refractivity contribution < 1.29 is 9.84 Å². The summed E-state index contributed by atoms with van der Waals surface area (Å²) in [6, 6.07) is 8.36. The fraction of sp³-hybridized carbons (Fsp3) is 0.667. The first-order valence-corrected chi connectivity index (χ1v) is 8.33. The molecule has 3 nitrogen and oxygen atoms in total. The molecule has 3 heteroatoms. The molecule has 2 atom stereocenters. The monoisotopic (exact) mass is 291 g/mol. The van der Waals surface area contributed by atoms with Gasteiger partial charge in [-0.3, -0.25) is 0 Å². The molecule has 2 unspecified atom stereocenters. The van der Waals surface area contributed by atoms with Gasteiger partial charge in [0.15, 0.2) is 0 Å². The van der Waals surface area contributed by atoms with Gasteiger partial charge in [0, 0.05) is 11.6 Å².